The minimum absolute atomic E-state index is 0.0326. The number of hydrogen-bond donors (Lipinski definition) is 1. The Morgan fingerprint density at radius 3 is 2.57 bits per heavy atom. The van der Waals surface area contributed by atoms with Crippen LogP contribution in [0.1, 0.15) is 50.6 Å². The molecule has 0 bridgehead atoms. The number of nitrogens with zero attached hydrogens (tertiary/aromatic N) is 4. The van der Waals surface area contributed by atoms with Gasteiger partial charge in [0.25, 0.3) is 0 Å². The lowest BCUT2D eigenvalue weighted by molar-refractivity contribution is -0.120. The van der Waals surface area contributed by atoms with Crippen molar-refractivity contribution >= 4 is 17.7 Å². The molecule has 6 nitrogen and oxygen atoms in total. The van der Waals surface area contributed by atoms with Gasteiger partial charge in [0.05, 0.1) is 5.25 Å². The number of thioether (sulfide) groups is 1. The molecule has 0 spiro atoms. The predicted octanol–water partition coefficient (Wildman–Crippen LogP) is 4.47. The smallest absolute Gasteiger partial charge is 0.233 e. The van der Waals surface area contributed by atoms with Crippen LogP contribution in [-0.4, -0.2) is 37.5 Å². The second kappa shape index (κ2) is 9.43. The van der Waals surface area contributed by atoms with Crippen LogP contribution < -0.4 is 5.32 Å². The molecule has 1 aromatic carbocycles. The number of carbonyl (C=O) groups is 1. The lowest BCUT2D eigenvalue weighted by Gasteiger charge is -2.18. The highest BCUT2D eigenvalue weighted by Crippen LogP contribution is 2.41. The standard InChI is InChI=1S/C23H27N5OS/c1-3-17(18-7-5-4-6-8-18)15-25-22(29)16(2)30-23-27-26-21(28(23)20-9-10-20)19-11-13-24-14-12-19/h4-8,11-14,16-17,20H,3,9-10,15H2,1-2H3,(H,25,29)/t16-,17-/m1/s1. The lowest BCUT2D eigenvalue weighted by atomic mass is 9.96. The van der Waals surface area contributed by atoms with Crippen LogP contribution in [0.3, 0.4) is 0 Å². The second-order valence-corrected chi connectivity index (χ2v) is 8.97. The van der Waals surface area contributed by atoms with E-state index in [1.54, 1.807) is 12.4 Å². The Labute approximate surface area is 181 Å². The summed E-state index contributed by atoms with van der Waals surface area (Å²) in [7, 11) is 0. The topological polar surface area (TPSA) is 72.7 Å². The molecule has 2 atom stereocenters. The number of rotatable bonds is 9. The van der Waals surface area contributed by atoms with Crippen LogP contribution in [0.5, 0.6) is 0 Å². The molecule has 4 rings (SSSR count). The van der Waals surface area contributed by atoms with E-state index in [0.29, 0.717) is 18.5 Å². The summed E-state index contributed by atoms with van der Waals surface area (Å²) in [6, 6.07) is 14.7. The van der Waals surface area contributed by atoms with E-state index in [9.17, 15) is 4.79 Å². The molecule has 0 unspecified atom stereocenters. The number of amides is 1. The molecule has 1 N–H and O–H groups in total. The van der Waals surface area contributed by atoms with E-state index >= 15 is 0 Å². The molecule has 0 radical (unpaired) electrons. The Morgan fingerprint density at radius 2 is 1.90 bits per heavy atom. The van der Waals surface area contributed by atoms with Crippen molar-refractivity contribution in [2.24, 2.45) is 0 Å². The maximum Gasteiger partial charge on any atom is 0.233 e. The highest BCUT2D eigenvalue weighted by Gasteiger charge is 2.31. The van der Waals surface area contributed by atoms with Crippen molar-refractivity contribution in [3.05, 3.63) is 60.4 Å². The van der Waals surface area contributed by atoms with Gasteiger partial charge < -0.3 is 5.32 Å². The first kappa shape index (κ1) is 20.6. The summed E-state index contributed by atoms with van der Waals surface area (Å²) in [6.45, 7) is 4.73. The number of nitrogens with one attached hydrogen (secondary N) is 1. The lowest BCUT2D eigenvalue weighted by Crippen LogP contribution is -2.34. The van der Waals surface area contributed by atoms with Crippen molar-refractivity contribution in [2.45, 2.75) is 55.5 Å². The van der Waals surface area contributed by atoms with Crippen LogP contribution in [-0.2, 0) is 4.79 Å². The van der Waals surface area contributed by atoms with Gasteiger partial charge in [-0.2, -0.15) is 0 Å². The second-order valence-electron chi connectivity index (χ2n) is 7.66. The number of pyridine rings is 1. The van der Waals surface area contributed by atoms with Gasteiger partial charge in [0.2, 0.25) is 5.91 Å². The van der Waals surface area contributed by atoms with E-state index in [2.05, 4.69) is 44.1 Å². The molecule has 0 aliphatic heterocycles. The van der Waals surface area contributed by atoms with Crippen molar-refractivity contribution in [1.29, 1.82) is 0 Å². The molecule has 1 aliphatic carbocycles. The molecule has 2 heterocycles. The molecular weight excluding hydrogens is 394 g/mol. The zero-order valence-electron chi connectivity index (χ0n) is 17.4. The van der Waals surface area contributed by atoms with Crippen molar-refractivity contribution in [1.82, 2.24) is 25.1 Å². The van der Waals surface area contributed by atoms with Gasteiger partial charge in [-0.3, -0.25) is 14.3 Å². The van der Waals surface area contributed by atoms with Crippen molar-refractivity contribution in [3.8, 4) is 11.4 Å². The van der Waals surface area contributed by atoms with Crippen molar-refractivity contribution in [3.63, 3.8) is 0 Å². The summed E-state index contributed by atoms with van der Waals surface area (Å²) < 4.78 is 2.18. The quantitative estimate of drug-likeness (QED) is 0.516. The minimum atomic E-state index is -0.245. The third-order valence-electron chi connectivity index (χ3n) is 5.45. The van der Waals surface area contributed by atoms with E-state index in [1.165, 1.54) is 17.3 Å². The molecule has 3 aromatic rings. The van der Waals surface area contributed by atoms with Gasteiger partial charge in [-0.25, -0.2) is 0 Å². The first-order chi connectivity index (χ1) is 14.7. The van der Waals surface area contributed by atoms with E-state index in [1.807, 2.05) is 37.3 Å². The molecule has 30 heavy (non-hydrogen) atoms. The zero-order valence-corrected chi connectivity index (χ0v) is 18.2. The van der Waals surface area contributed by atoms with Crippen LogP contribution in [0.4, 0.5) is 0 Å². The zero-order chi connectivity index (χ0) is 20.9. The summed E-state index contributed by atoms with van der Waals surface area (Å²) in [4.78, 5) is 16.9. The van der Waals surface area contributed by atoms with Crippen LogP contribution >= 0.6 is 11.8 Å². The normalized spacial score (nSPS) is 15.5. The van der Waals surface area contributed by atoms with Gasteiger partial charge in [-0.15, -0.1) is 10.2 Å². The third-order valence-corrected chi connectivity index (χ3v) is 6.51. The Kier molecular flexibility index (Phi) is 6.47. The van der Waals surface area contributed by atoms with Gasteiger partial charge in [-0.05, 0) is 43.9 Å². The fourth-order valence-corrected chi connectivity index (χ4v) is 4.46. The first-order valence-corrected chi connectivity index (χ1v) is 11.4. The average Bonchev–Trinajstić information content (AvgIpc) is 3.55. The summed E-state index contributed by atoms with van der Waals surface area (Å²) in [5.74, 6) is 1.20. The number of hydrogen-bond acceptors (Lipinski definition) is 5. The predicted molar refractivity (Wildman–Crippen MR) is 119 cm³/mol. The summed E-state index contributed by atoms with van der Waals surface area (Å²) in [5, 5.41) is 12.5. The maximum atomic E-state index is 12.8. The van der Waals surface area contributed by atoms with Gasteiger partial charge in [0.1, 0.15) is 0 Å². The largest absolute Gasteiger partial charge is 0.355 e. The monoisotopic (exact) mass is 421 g/mol. The molecule has 156 valence electrons. The summed E-state index contributed by atoms with van der Waals surface area (Å²) in [5.41, 5.74) is 2.26. The maximum absolute atomic E-state index is 12.8. The van der Waals surface area contributed by atoms with E-state index in [0.717, 1.165) is 35.8 Å². The number of aromatic nitrogens is 4. The van der Waals surface area contributed by atoms with Gasteiger partial charge >= 0.3 is 0 Å². The van der Waals surface area contributed by atoms with E-state index < -0.39 is 0 Å². The van der Waals surface area contributed by atoms with Crippen LogP contribution in [0.25, 0.3) is 11.4 Å². The van der Waals surface area contributed by atoms with Crippen molar-refractivity contribution in [2.75, 3.05) is 6.54 Å². The molecule has 2 aromatic heterocycles. The van der Waals surface area contributed by atoms with Crippen molar-refractivity contribution < 1.29 is 4.79 Å². The fraction of sp³-hybridized carbons (Fsp3) is 0.391. The number of benzene rings is 1. The van der Waals surface area contributed by atoms with Gasteiger partial charge in [0, 0.05) is 36.5 Å². The Bertz CT molecular complexity index is 972. The molecular formula is C23H27N5OS. The third kappa shape index (κ3) is 4.73. The molecule has 1 amide bonds. The highest BCUT2D eigenvalue weighted by atomic mass is 32.2. The average molecular weight is 422 g/mol. The minimum Gasteiger partial charge on any atom is -0.355 e. The SMILES string of the molecule is CC[C@H](CNC(=O)[C@@H](C)Sc1nnc(-c2ccncc2)n1C1CC1)c1ccccc1. The molecule has 0 saturated heterocycles. The van der Waals surface area contributed by atoms with Gasteiger partial charge in [0.15, 0.2) is 11.0 Å². The molecule has 1 fully saturated rings. The van der Waals surface area contributed by atoms with E-state index in [4.69, 9.17) is 0 Å². The number of carbonyl (C=O) groups excluding carboxylic acids is 1. The Hall–Kier alpha value is -2.67. The highest BCUT2D eigenvalue weighted by molar-refractivity contribution is 8.00. The molecule has 1 saturated carbocycles. The van der Waals surface area contributed by atoms with Crippen LogP contribution in [0.15, 0.2) is 60.0 Å². The summed E-state index contributed by atoms with van der Waals surface area (Å²) >= 11 is 1.48. The first-order valence-electron chi connectivity index (χ1n) is 10.5. The summed E-state index contributed by atoms with van der Waals surface area (Å²) in [6.07, 6.45) is 6.76. The Balaban J connectivity index is 1.42. The van der Waals surface area contributed by atoms with E-state index in [-0.39, 0.29) is 11.2 Å². The Morgan fingerprint density at radius 1 is 1.17 bits per heavy atom. The van der Waals surface area contributed by atoms with Crippen LogP contribution in [0.2, 0.25) is 0 Å². The van der Waals surface area contributed by atoms with Crippen LogP contribution in [0, 0.1) is 0 Å². The fourth-order valence-electron chi connectivity index (χ4n) is 3.52. The van der Waals surface area contributed by atoms with Gasteiger partial charge in [-0.1, -0.05) is 49.0 Å². The molecule has 1 aliphatic rings. The molecule has 7 heteroatoms.